The Kier molecular flexibility index (Phi) is 4.42. The van der Waals surface area contributed by atoms with Crippen LogP contribution < -0.4 is 0 Å². The predicted molar refractivity (Wildman–Crippen MR) is 55.7 cm³/mol. The van der Waals surface area contributed by atoms with E-state index in [-0.39, 0.29) is 43.8 Å². The molecule has 1 saturated heterocycles. The van der Waals surface area contributed by atoms with E-state index in [1.165, 1.54) is 16.9 Å². The van der Waals surface area contributed by atoms with E-state index in [4.69, 9.17) is 0 Å². The van der Waals surface area contributed by atoms with Crippen LogP contribution in [0.5, 0.6) is 0 Å². The van der Waals surface area contributed by atoms with Crippen molar-refractivity contribution in [3.05, 3.63) is 0 Å². The molecule has 1 fully saturated rings. The lowest BCUT2D eigenvalue weighted by Crippen LogP contribution is -2.54. The zero-order valence-electron chi connectivity index (χ0n) is 9.56. The number of ether oxygens (including phenoxy) is 1. The maximum absolute atomic E-state index is 11.6. The molecule has 0 aromatic heterocycles. The molecule has 0 spiro atoms. The van der Waals surface area contributed by atoms with Crippen molar-refractivity contribution < 1.29 is 19.1 Å². The van der Waals surface area contributed by atoms with Crippen LogP contribution >= 0.6 is 0 Å². The number of ketones is 1. The molecule has 0 unspecified atom stereocenters. The lowest BCUT2D eigenvalue weighted by molar-refractivity contribution is -0.151. The summed E-state index contributed by atoms with van der Waals surface area (Å²) in [4.78, 5) is 37.1. The van der Waals surface area contributed by atoms with E-state index in [1.54, 1.807) is 0 Å². The number of hydrogen-bond acceptors (Lipinski definition) is 4. The number of Topliss-reactive ketones (excluding diaryl/α,β-unsaturated/α-hetero) is 1. The topological polar surface area (TPSA) is 66.9 Å². The first-order valence-electron chi connectivity index (χ1n) is 5.14. The molecule has 1 heterocycles. The largest absolute Gasteiger partial charge is 0.377 e. The Bertz CT molecular complexity index is 301. The molecule has 6 nitrogen and oxygen atoms in total. The van der Waals surface area contributed by atoms with Crippen molar-refractivity contribution in [1.29, 1.82) is 0 Å². The number of methoxy groups -OCH3 is 1. The van der Waals surface area contributed by atoms with Crippen LogP contribution in [0.15, 0.2) is 0 Å². The summed E-state index contributed by atoms with van der Waals surface area (Å²) >= 11 is 0. The number of nitrogens with zero attached hydrogens (tertiary/aromatic N) is 2. The monoisotopic (exact) mass is 228 g/mol. The minimum Gasteiger partial charge on any atom is -0.377 e. The van der Waals surface area contributed by atoms with Crippen LogP contribution in [0.4, 0.5) is 0 Å². The fraction of sp³-hybridized carbons (Fsp3) is 0.700. The summed E-state index contributed by atoms with van der Waals surface area (Å²) in [5.74, 6) is -0.508. The van der Waals surface area contributed by atoms with Gasteiger partial charge in [-0.15, -0.1) is 0 Å². The fourth-order valence-electron chi connectivity index (χ4n) is 1.55. The fourth-order valence-corrected chi connectivity index (χ4v) is 1.55. The molecular weight excluding hydrogens is 212 g/mol. The summed E-state index contributed by atoms with van der Waals surface area (Å²) in [6, 6.07) is 0. The molecule has 90 valence electrons. The third-order valence-corrected chi connectivity index (χ3v) is 2.41. The molecule has 2 amide bonds. The van der Waals surface area contributed by atoms with E-state index in [1.807, 2.05) is 6.92 Å². The van der Waals surface area contributed by atoms with Crippen molar-refractivity contribution in [3.8, 4) is 0 Å². The van der Waals surface area contributed by atoms with E-state index >= 15 is 0 Å². The van der Waals surface area contributed by atoms with Gasteiger partial charge in [-0.2, -0.15) is 0 Å². The van der Waals surface area contributed by atoms with Gasteiger partial charge >= 0.3 is 0 Å². The van der Waals surface area contributed by atoms with Crippen molar-refractivity contribution in [2.24, 2.45) is 0 Å². The summed E-state index contributed by atoms with van der Waals surface area (Å²) < 4.78 is 4.67. The van der Waals surface area contributed by atoms with E-state index in [0.29, 0.717) is 6.54 Å². The normalized spacial score (nSPS) is 16.9. The minimum atomic E-state index is -0.200. The van der Waals surface area contributed by atoms with Gasteiger partial charge in [0.15, 0.2) is 5.78 Å². The molecule has 1 rings (SSSR count). The lowest BCUT2D eigenvalue weighted by Gasteiger charge is -2.32. The Labute approximate surface area is 94.1 Å². The molecule has 0 aromatic rings. The number of hydrogen-bond donors (Lipinski definition) is 0. The third-order valence-electron chi connectivity index (χ3n) is 2.41. The minimum absolute atomic E-state index is 0.0118. The van der Waals surface area contributed by atoms with Gasteiger partial charge in [0.1, 0.15) is 13.2 Å². The Morgan fingerprint density at radius 1 is 1.25 bits per heavy atom. The van der Waals surface area contributed by atoms with Crippen LogP contribution in [0, 0.1) is 0 Å². The second-order valence-corrected chi connectivity index (χ2v) is 3.63. The van der Waals surface area contributed by atoms with Gasteiger partial charge in [-0.25, -0.2) is 0 Å². The van der Waals surface area contributed by atoms with Gasteiger partial charge in [-0.1, -0.05) is 0 Å². The molecule has 0 aromatic carbocycles. The molecule has 0 radical (unpaired) electrons. The quantitative estimate of drug-likeness (QED) is 0.598. The molecule has 0 saturated carbocycles. The summed E-state index contributed by atoms with van der Waals surface area (Å²) in [6.07, 6.45) is 0. The van der Waals surface area contributed by atoms with Gasteiger partial charge in [0, 0.05) is 13.7 Å². The molecule has 0 aliphatic carbocycles. The first kappa shape index (κ1) is 12.6. The number of carbonyl (C=O) groups excluding carboxylic acids is 3. The molecule has 0 bridgehead atoms. The highest BCUT2D eigenvalue weighted by Gasteiger charge is 2.29. The van der Waals surface area contributed by atoms with Crippen molar-refractivity contribution in [2.75, 3.05) is 39.9 Å². The number of likely N-dealkylation sites (N-methyl/N-ethyl adjacent to an activating group) is 1. The number of amides is 2. The van der Waals surface area contributed by atoms with Gasteiger partial charge in [-0.05, 0) is 6.92 Å². The Morgan fingerprint density at radius 2 is 1.81 bits per heavy atom. The van der Waals surface area contributed by atoms with Crippen molar-refractivity contribution >= 4 is 17.6 Å². The first-order chi connectivity index (χ1) is 7.58. The number of carbonyl (C=O) groups is 3. The van der Waals surface area contributed by atoms with E-state index in [0.717, 1.165) is 0 Å². The van der Waals surface area contributed by atoms with Crippen LogP contribution in [-0.4, -0.2) is 67.3 Å². The number of piperazine rings is 1. The Balaban J connectivity index is 2.53. The second-order valence-electron chi connectivity index (χ2n) is 3.63. The van der Waals surface area contributed by atoms with Gasteiger partial charge in [0.05, 0.1) is 13.1 Å². The maximum atomic E-state index is 11.6. The average Bonchev–Trinajstić information content (AvgIpc) is 2.23. The SMILES string of the molecule is CCN1CC(=O)N(CC(=O)COC)CC1=O. The first-order valence-corrected chi connectivity index (χ1v) is 5.14. The highest BCUT2D eigenvalue weighted by Crippen LogP contribution is 2.04. The molecule has 0 atom stereocenters. The van der Waals surface area contributed by atoms with Crippen LogP contribution in [0.2, 0.25) is 0 Å². The summed E-state index contributed by atoms with van der Waals surface area (Å²) in [5.41, 5.74) is 0. The third kappa shape index (κ3) is 3.03. The van der Waals surface area contributed by atoms with Crippen LogP contribution in [0.1, 0.15) is 6.92 Å². The van der Waals surface area contributed by atoms with E-state index in [9.17, 15) is 14.4 Å². The van der Waals surface area contributed by atoms with Crippen LogP contribution in [0.25, 0.3) is 0 Å². The molecule has 0 N–H and O–H groups in total. The van der Waals surface area contributed by atoms with Crippen molar-refractivity contribution in [2.45, 2.75) is 6.92 Å². The van der Waals surface area contributed by atoms with Gasteiger partial charge < -0.3 is 14.5 Å². The number of rotatable bonds is 5. The predicted octanol–water partition coefficient (Wildman–Crippen LogP) is -1.11. The summed E-state index contributed by atoms with van der Waals surface area (Å²) in [7, 11) is 1.42. The molecule has 6 heteroatoms. The highest BCUT2D eigenvalue weighted by molar-refractivity contribution is 5.95. The average molecular weight is 228 g/mol. The zero-order chi connectivity index (χ0) is 12.1. The van der Waals surface area contributed by atoms with Gasteiger partial charge in [0.2, 0.25) is 11.8 Å². The van der Waals surface area contributed by atoms with E-state index < -0.39 is 0 Å². The molecule has 16 heavy (non-hydrogen) atoms. The molecular formula is C10H16N2O4. The van der Waals surface area contributed by atoms with Crippen LogP contribution in [-0.2, 0) is 19.1 Å². The van der Waals surface area contributed by atoms with E-state index in [2.05, 4.69) is 4.74 Å². The standard InChI is InChI=1S/C10H16N2O4/c1-3-11-5-10(15)12(6-9(11)14)4-8(13)7-16-2/h3-7H2,1-2H3. The maximum Gasteiger partial charge on any atom is 0.243 e. The van der Waals surface area contributed by atoms with Crippen LogP contribution in [0.3, 0.4) is 0 Å². The van der Waals surface area contributed by atoms with Gasteiger partial charge in [0.25, 0.3) is 0 Å². The zero-order valence-corrected chi connectivity index (χ0v) is 9.56. The summed E-state index contributed by atoms with van der Waals surface area (Å²) in [6.45, 7) is 2.31. The van der Waals surface area contributed by atoms with Crippen molar-refractivity contribution in [1.82, 2.24) is 9.80 Å². The highest BCUT2D eigenvalue weighted by atomic mass is 16.5. The molecule has 1 aliphatic rings. The lowest BCUT2D eigenvalue weighted by atomic mass is 10.2. The van der Waals surface area contributed by atoms with Crippen molar-refractivity contribution in [3.63, 3.8) is 0 Å². The van der Waals surface area contributed by atoms with Gasteiger partial charge in [-0.3, -0.25) is 14.4 Å². The smallest absolute Gasteiger partial charge is 0.243 e. The molecule has 1 aliphatic heterocycles. The second kappa shape index (κ2) is 5.60. The Hall–Kier alpha value is -1.43. The Morgan fingerprint density at radius 3 is 2.38 bits per heavy atom. The summed E-state index contributed by atoms with van der Waals surface area (Å²) in [5, 5.41) is 0.